The highest BCUT2D eigenvalue weighted by molar-refractivity contribution is 5.99. The zero-order valence-electron chi connectivity index (χ0n) is 8.75. The third-order valence-electron chi connectivity index (χ3n) is 1.87. The van der Waals surface area contributed by atoms with Gasteiger partial charge in [0, 0.05) is 0 Å². The summed E-state index contributed by atoms with van der Waals surface area (Å²) in [5.74, 6) is -0.928. The molecule has 0 aromatic rings. The summed E-state index contributed by atoms with van der Waals surface area (Å²) in [5.41, 5.74) is 10.8. The molecule has 2 atom stereocenters. The van der Waals surface area contributed by atoms with Crippen molar-refractivity contribution in [1.82, 2.24) is 5.32 Å². The van der Waals surface area contributed by atoms with Crippen LogP contribution in [0, 0.1) is 0 Å². The van der Waals surface area contributed by atoms with Crippen LogP contribution < -0.4 is 16.8 Å². The van der Waals surface area contributed by atoms with Crippen molar-refractivity contribution >= 4 is 11.8 Å². The molecule has 5 nitrogen and oxygen atoms in total. The fourth-order valence-electron chi connectivity index (χ4n) is 0.883. The smallest absolute Gasteiger partial charge is 0.243 e. The first-order valence-electron chi connectivity index (χ1n) is 4.84. The van der Waals surface area contributed by atoms with E-state index in [-0.39, 0.29) is 0 Å². The number of rotatable bonds is 5. The Hall–Kier alpha value is -0.940. The van der Waals surface area contributed by atoms with E-state index in [9.17, 15) is 9.59 Å². The number of carbonyl (C=O) groups is 2. The van der Waals surface area contributed by atoms with Gasteiger partial charge in [0.05, 0.1) is 12.1 Å². The molecule has 0 heterocycles. The Kier molecular flexibility index (Phi) is 6.07. The van der Waals surface area contributed by atoms with Crippen LogP contribution in [0.15, 0.2) is 0 Å². The van der Waals surface area contributed by atoms with Gasteiger partial charge in [-0.25, -0.2) is 0 Å². The summed E-state index contributed by atoms with van der Waals surface area (Å²) >= 11 is 0. The van der Waals surface area contributed by atoms with Gasteiger partial charge < -0.3 is 11.5 Å². The highest BCUT2D eigenvalue weighted by Gasteiger charge is 2.17. The molecule has 0 rings (SSSR count). The predicted molar refractivity (Wildman–Crippen MR) is 54.3 cm³/mol. The minimum absolute atomic E-state index is 0.444. The molecule has 0 bridgehead atoms. The maximum absolute atomic E-state index is 11.3. The summed E-state index contributed by atoms with van der Waals surface area (Å²) < 4.78 is 0. The Morgan fingerprint density at radius 1 is 1.29 bits per heavy atom. The molecular weight excluding hydrogens is 182 g/mol. The van der Waals surface area contributed by atoms with Gasteiger partial charge in [-0.15, -0.1) is 0 Å². The van der Waals surface area contributed by atoms with E-state index >= 15 is 0 Å². The van der Waals surface area contributed by atoms with Gasteiger partial charge in [0.1, 0.15) is 0 Å². The first-order valence-corrected chi connectivity index (χ1v) is 4.84. The van der Waals surface area contributed by atoms with Crippen molar-refractivity contribution in [3.05, 3.63) is 0 Å². The Balaban J connectivity index is 3.89. The molecule has 0 fully saturated rings. The zero-order valence-corrected chi connectivity index (χ0v) is 8.75. The van der Waals surface area contributed by atoms with Gasteiger partial charge in [-0.05, 0) is 13.3 Å². The second-order valence-corrected chi connectivity index (χ2v) is 3.39. The van der Waals surface area contributed by atoms with E-state index in [0.717, 1.165) is 12.8 Å². The molecule has 0 aliphatic rings. The van der Waals surface area contributed by atoms with Crippen LogP contribution in [0.5, 0.6) is 0 Å². The second kappa shape index (κ2) is 6.50. The van der Waals surface area contributed by atoms with E-state index in [1.54, 1.807) is 0 Å². The summed E-state index contributed by atoms with van der Waals surface area (Å²) in [4.78, 5) is 22.3. The van der Waals surface area contributed by atoms with E-state index in [1.165, 1.54) is 6.92 Å². The van der Waals surface area contributed by atoms with Crippen molar-refractivity contribution < 1.29 is 9.59 Å². The molecule has 0 unspecified atom stereocenters. The molecule has 0 spiro atoms. The highest BCUT2D eigenvalue weighted by Crippen LogP contribution is 1.97. The van der Waals surface area contributed by atoms with Gasteiger partial charge in [-0.3, -0.25) is 14.9 Å². The van der Waals surface area contributed by atoms with Crippen LogP contribution in [0.1, 0.15) is 33.1 Å². The van der Waals surface area contributed by atoms with Crippen molar-refractivity contribution in [1.29, 1.82) is 0 Å². The molecule has 0 aromatic carbocycles. The van der Waals surface area contributed by atoms with Crippen molar-refractivity contribution in [2.75, 3.05) is 0 Å². The van der Waals surface area contributed by atoms with E-state index in [1.807, 2.05) is 6.92 Å². The van der Waals surface area contributed by atoms with Gasteiger partial charge in [-0.1, -0.05) is 19.8 Å². The lowest BCUT2D eigenvalue weighted by Crippen LogP contribution is -2.48. The number of hydrogen-bond donors (Lipinski definition) is 3. The fraction of sp³-hybridized carbons (Fsp3) is 0.778. The van der Waals surface area contributed by atoms with Gasteiger partial charge in [0.2, 0.25) is 11.8 Å². The Bertz CT molecular complexity index is 204. The summed E-state index contributed by atoms with van der Waals surface area (Å²) in [7, 11) is 0. The maximum Gasteiger partial charge on any atom is 0.243 e. The number of carbonyl (C=O) groups excluding carboxylic acids is 2. The third-order valence-corrected chi connectivity index (χ3v) is 1.87. The molecule has 5 N–H and O–H groups in total. The highest BCUT2D eigenvalue weighted by atomic mass is 16.2. The molecule has 14 heavy (non-hydrogen) atoms. The van der Waals surface area contributed by atoms with E-state index in [0.29, 0.717) is 6.42 Å². The normalized spacial score (nSPS) is 14.6. The van der Waals surface area contributed by atoms with Crippen LogP contribution in [0.2, 0.25) is 0 Å². The molecule has 0 aliphatic heterocycles. The maximum atomic E-state index is 11.3. The summed E-state index contributed by atoms with van der Waals surface area (Å²) in [6, 6.07) is -1.30. The van der Waals surface area contributed by atoms with Gasteiger partial charge >= 0.3 is 0 Å². The molecule has 0 aliphatic carbocycles. The molecule has 5 heteroatoms. The topological polar surface area (TPSA) is 98.2 Å². The predicted octanol–water partition coefficient (Wildman–Crippen LogP) is -0.506. The van der Waals surface area contributed by atoms with Crippen molar-refractivity contribution in [2.24, 2.45) is 11.5 Å². The van der Waals surface area contributed by atoms with Crippen molar-refractivity contribution in [3.8, 4) is 0 Å². The minimum atomic E-state index is -0.683. The first-order chi connectivity index (χ1) is 6.49. The van der Waals surface area contributed by atoms with Gasteiger partial charge in [0.15, 0.2) is 0 Å². The third kappa shape index (κ3) is 4.94. The quantitative estimate of drug-likeness (QED) is 0.558. The first kappa shape index (κ1) is 13.1. The average molecular weight is 201 g/mol. The van der Waals surface area contributed by atoms with Crippen LogP contribution in [-0.2, 0) is 9.59 Å². The number of hydrogen-bond acceptors (Lipinski definition) is 4. The number of nitrogens with two attached hydrogens (primary N) is 2. The SMILES string of the molecule is CCCC[C@H](N)C(=O)NC(=O)[C@H](C)N. The zero-order chi connectivity index (χ0) is 11.1. The van der Waals surface area contributed by atoms with Crippen molar-refractivity contribution in [2.45, 2.75) is 45.2 Å². The van der Waals surface area contributed by atoms with Crippen LogP contribution in [-0.4, -0.2) is 23.9 Å². The Morgan fingerprint density at radius 2 is 1.86 bits per heavy atom. The Labute approximate surface area is 84.2 Å². The average Bonchev–Trinajstić information content (AvgIpc) is 2.13. The lowest BCUT2D eigenvalue weighted by atomic mass is 10.1. The van der Waals surface area contributed by atoms with Crippen LogP contribution in [0.25, 0.3) is 0 Å². The molecule has 0 saturated heterocycles. The van der Waals surface area contributed by atoms with Crippen LogP contribution >= 0.6 is 0 Å². The lowest BCUT2D eigenvalue weighted by Gasteiger charge is -2.11. The van der Waals surface area contributed by atoms with E-state index in [2.05, 4.69) is 5.32 Å². The Morgan fingerprint density at radius 3 is 2.29 bits per heavy atom. The number of amides is 2. The molecule has 0 saturated carbocycles. The van der Waals surface area contributed by atoms with Gasteiger partial charge in [-0.2, -0.15) is 0 Å². The molecule has 0 radical (unpaired) electrons. The summed E-state index contributed by atoms with van der Waals surface area (Å²) in [6.45, 7) is 3.53. The monoisotopic (exact) mass is 201 g/mol. The number of imide groups is 1. The summed E-state index contributed by atoms with van der Waals surface area (Å²) in [5, 5.41) is 2.16. The lowest BCUT2D eigenvalue weighted by molar-refractivity contribution is -0.131. The van der Waals surface area contributed by atoms with E-state index < -0.39 is 23.9 Å². The molecular formula is C9H19N3O2. The standard InChI is InChI=1S/C9H19N3O2/c1-3-4-5-7(11)9(14)12-8(13)6(2)10/h6-7H,3-5,10-11H2,1-2H3,(H,12,13,14)/t6-,7-/m0/s1. The number of nitrogens with one attached hydrogen (secondary N) is 1. The largest absolute Gasteiger partial charge is 0.320 e. The minimum Gasteiger partial charge on any atom is -0.320 e. The molecule has 2 amide bonds. The van der Waals surface area contributed by atoms with Crippen LogP contribution in [0.3, 0.4) is 0 Å². The van der Waals surface area contributed by atoms with E-state index in [4.69, 9.17) is 11.5 Å². The second-order valence-electron chi connectivity index (χ2n) is 3.39. The summed E-state index contributed by atoms with van der Waals surface area (Å²) in [6.07, 6.45) is 2.44. The number of unbranched alkanes of at least 4 members (excludes halogenated alkanes) is 1. The molecule has 82 valence electrons. The molecule has 0 aromatic heterocycles. The fourth-order valence-corrected chi connectivity index (χ4v) is 0.883. The van der Waals surface area contributed by atoms with Crippen LogP contribution in [0.4, 0.5) is 0 Å². The van der Waals surface area contributed by atoms with Crippen molar-refractivity contribution in [3.63, 3.8) is 0 Å². The van der Waals surface area contributed by atoms with Gasteiger partial charge in [0.25, 0.3) is 0 Å².